The summed E-state index contributed by atoms with van der Waals surface area (Å²) in [5.74, 6) is -0.240. The third kappa shape index (κ3) is 3.07. The molecule has 3 aromatic rings. The smallest absolute Gasteiger partial charge is 0.125 e. The summed E-state index contributed by atoms with van der Waals surface area (Å²) in [5.41, 5.74) is 7.59. The summed E-state index contributed by atoms with van der Waals surface area (Å²) in [6.45, 7) is 0.576. The molecule has 5 heteroatoms. The molecule has 3 rings (SSSR count). The van der Waals surface area contributed by atoms with E-state index in [2.05, 4.69) is 4.98 Å². The second kappa shape index (κ2) is 6.10. The number of fused-ring (bicyclic) bond motifs is 1. The van der Waals surface area contributed by atoms with Crippen molar-refractivity contribution in [2.45, 2.75) is 16.2 Å². The van der Waals surface area contributed by atoms with Crippen LogP contribution in [0, 0.1) is 5.82 Å². The molecule has 0 bridgehead atoms. The molecule has 0 saturated carbocycles. The van der Waals surface area contributed by atoms with Crippen molar-refractivity contribution in [1.29, 1.82) is 0 Å². The lowest BCUT2D eigenvalue weighted by Crippen LogP contribution is -2.03. The topological polar surface area (TPSA) is 41.8 Å². The molecule has 0 unspecified atom stereocenters. The molecule has 0 aliphatic carbocycles. The third-order valence-electron chi connectivity index (χ3n) is 3.26. The molecule has 0 aliphatic rings. The van der Waals surface area contributed by atoms with Crippen LogP contribution in [0.4, 0.5) is 4.39 Å². The minimum Gasteiger partial charge on any atom is -0.360 e. The van der Waals surface area contributed by atoms with E-state index in [4.69, 9.17) is 17.3 Å². The van der Waals surface area contributed by atoms with Gasteiger partial charge < -0.3 is 10.7 Å². The molecule has 0 spiro atoms. The van der Waals surface area contributed by atoms with Crippen LogP contribution in [0.3, 0.4) is 0 Å². The van der Waals surface area contributed by atoms with E-state index in [9.17, 15) is 4.39 Å². The summed E-state index contributed by atoms with van der Waals surface area (Å²) in [4.78, 5) is 5.28. The largest absolute Gasteiger partial charge is 0.360 e. The van der Waals surface area contributed by atoms with Gasteiger partial charge in [0.25, 0.3) is 0 Å². The standard InChI is InChI=1S/C16H14ClFN2S/c17-11-1-4-15(10(7-11)5-6-19)21-16-9-20-14-8-12(18)2-3-13(14)16/h1-4,7-9,20H,5-6,19H2. The molecule has 108 valence electrons. The zero-order valence-corrected chi connectivity index (χ0v) is 12.8. The molecular weight excluding hydrogens is 307 g/mol. The summed E-state index contributed by atoms with van der Waals surface area (Å²) < 4.78 is 13.2. The fraction of sp³-hybridized carbons (Fsp3) is 0.125. The number of aromatic nitrogens is 1. The number of hydrogen-bond donors (Lipinski definition) is 2. The number of nitrogens with one attached hydrogen (secondary N) is 1. The highest BCUT2D eigenvalue weighted by Gasteiger charge is 2.09. The lowest BCUT2D eigenvalue weighted by Gasteiger charge is -2.08. The van der Waals surface area contributed by atoms with Gasteiger partial charge in [0.1, 0.15) is 5.82 Å². The van der Waals surface area contributed by atoms with Crippen LogP contribution in [0.1, 0.15) is 5.56 Å². The molecule has 0 atom stereocenters. The van der Waals surface area contributed by atoms with Gasteiger partial charge in [0.15, 0.2) is 0 Å². The molecule has 0 radical (unpaired) electrons. The molecule has 2 aromatic carbocycles. The Morgan fingerprint density at radius 2 is 2.00 bits per heavy atom. The minimum atomic E-state index is -0.240. The van der Waals surface area contributed by atoms with E-state index in [0.717, 1.165) is 32.7 Å². The van der Waals surface area contributed by atoms with Crippen molar-refractivity contribution in [1.82, 2.24) is 4.98 Å². The third-order valence-corrected chi connectivity index (χ3v) is 4.67. The van der Waals surface area contributed by atoms with E-state index >= 15 is 0 Å². The molecule has 0 saturated heterocycles. The van der Waals surface area contributed by atoms with Gasteiger partial charge in [-0.25, -0.2) is 4.39 Å². The highest BCUT2D eigenvalue weighted by Crippen LogP contribution is 2.36. The summed E-state index contributed by atoms with van der Waals surface area (Å²) >= 11 is 7.69. The number of benzene rings is 2. The predicted octanol–water partition coefficient (Wildman–Crippen LogP) is 4.61. The molecule has 3 N–H and O–H groups in total. The number of rotatable bonds is 4. The SMILES string of the molecule is NCCc1cc(Cl)ccc1Sc1c[nH]c2cc(F)ccc12. The van der Waals surface area contributed by atoms with Gasteiger partial charge in [-0.05, 0) is 54.9 Å². The van der Waals surface area contributed by atoms with Crippen molar-refractivity contribution in [3.8, 4) is 0 Å². The maximum absolute atomic E-state index is 13.2. The van der Waals surface area contributed by atoms with Gasteiger partial charge in [-0.1, -0.05) is 23.4 Å². The van der Waals surface area contributed by atoms with Crippen molar-refractivity contribution < 1.29 is 4.39 Å². The van der Waals surface area contributed by atoms with Gasteiger partial charge in [-0.15, -0.1) is 0 Å². The van der Waals surface area contributed by atoms with Crippen molar-refractivity contribution in [2.24, 2.45) is 5.73 Å². The van der Waals surface area contributed by atoms with Crippen LogP contribution in [-0.2, 0) is 6.42 Å². The Bertz CT molecular complexity index is 785. The molecule has 2 nitrogen and oxygen atoms in total. The molecule has 0 fully saturated rings. The average Bonchev–Trinajstić information content (AvgIpc) is 2.84. The zero-order valence-electron chi connectivity index (χ0n) is 11.2. The number of nitrogens with two attached hydrogens (primary N) is 1. The molecule has 1 heterocycles. The average molecular weight is 321 g/mol. The van der Waals surface area contributed by atoms with Crippen LogP contribution in [0.2, 0.25) is 5.02 Å². The van der Waals surface area contributed by atoms with E-state index in [0.29, 0.717) is 11.6 Å². The molecule has 1 aromatic heterocycles. The molecule has 0 aliphatic heterocycles. The van der Waals surface area contributed by atoms with E-state index in [1.165, 1.54) is 12.1 Å². The molecule has 21 heavy (non-hydrogen) atoms. The van der Waals surface area contributed by atoms with Gasteiger partial charge in [0.05, 0.1) is 0 Å². The fourth-order valence-electron chi connectivity index (χ4n) is 2.27. The summed E-state index contributed by atoms with van der Waals surface area (Å²) in [7, 11) is 0. The van der Waals surface area contributed by atoms with Crippen LogP contribution < -0.4 is 5.73 Å². The quantitative estimate of drug-likeness (QED) is 0.737. The first-order valence-corrected chi connectivity index (χ1v) is 7.80. The predicted molar refractivity (Wildman–Crippen MR) is 86.6 cm³/mol. The van der Waals surface area contributed by atoms with E-state index in [1.54, 1.807) is 17.8 Å². The van der Waals surface area contributed by atoms with E-state index in [1.807, 2.05) is 24.4 Å². The Labute approximate surface area is 131 Å². The second-order valence-electron chi connectivity index (χ2n) is 4.74. The van der Waals surface area contributed by atoms with Crippen LogP contribution in [0.15, 0.2) is 52.4 Å². The Morgan fingerprint density at radius 3 is 2.81 bits per heavy atom. The number of hydrogen-bond acceptors (Lipinski definition) is 2. The van der Waals surface area contributed by atoms with Crippen LogP contribution in [0.25, 0.3) is 10.9 Å². The van der Waals surface area contributed by atoms with Crippen LogP contribution in [-0.4, -0.2) is 11.5 Å². The Morgan fingerprint density at radius 1 is 1.14 bits per heavy atom. The first kappa shape index (κ1) is 14.4. The monoisotopic (exact) mass is 320 g/mol. The van der Waals surface area contributed by atoms with Gasteiger partial charge in [0.2, 0.25) is 0 Å². The number of halogens is 2. The normalized spacial score (nSPS) is 11.2. The second-order valence-corrected chi connectivity index (χ2v) is 6.26. The highest BCUT2D eigenvalue weighted by atomic mass is 35.5. The van der Waals surface area contributed by atoms with Gasteiger partial charge >= 0.3 is 0 Å². The van der Waals surface area contributed by atoms with Gasteiger partial charge in [-0.3, -0.25) is 0 Å². The van der Waals surface area contributed by atoms with Gasteiger partial charge in [-0.2, -0.15) is 0 Å². The molecular formula is C16H14ClFN2S. The van der Waals surface area contributed by atoms with Crippen molar-refractivity contribution in [2.75, 3.05) is 6.54 Å². The van der Waals surface area contributed by atoms with E-state index < -0.39 is 0 Å². The first-order chi connectivity index (χ1) is 10.2. The summed E-state index contributed by atoms with van der Waals surface area (Å²) in [6.07, 6.45) is 2.68. The lowest BCUT2D eigenvalue weighted by molar-refractivity contribution is 0.629. The first-order valence-electron chi connectivity index (χ1n) is 6.60. The maximum atomic E-state index is 13.2. The molecule has 0 amide bonds. The maximum Gasteiger partial charge on any atom is 0.125 e. The van der Waals surface area contributed by atoms with Crippen molar-refractivity contribution >= 4 is 34.3 Å². The van der Waals surface area contributed by atoms with Crippen molar-refractivity contribution in [3.05, 3.63) is 59.0 Å². The van der Waals surface area contributed by atoms with Crippen LogP contribution in [0.5, 0.6) is 0 Å². The number of aromatic amines is 1. The number of H-pyrrole nitrogens is 1. The Hall–Kier alpha value is -1.49. The lowest BCUT2D eigenvalue weighted by atomic mass is 10.1. The van der Waals surface area contributed by atoms with E-state index in [-0.39, 0.29) is 5.82 Å². The summed E-state index contributed by atoms with van der Waals surface area (Å²) in [5, 5.41) is 1.72. The van der Waals surface area contributed by atoms with Crippen molar-refractivity contribution in [3.63, 3.8) is 0 Å². The Balaban J connectivity index is 1.98. The zero-order chi connectivity index (χ0) is 14.8. The highest BCUT2D eigenvalue weighted by molar-refractivity contribution is 7.99. The minimum absolute atomic E-state index is 0.240. The summed E-state index contributed by atoms with van der Waals surface area (Å²) in [6, 6.07) is 10.6. The van der Waals surface area contributed by atoms with Gasteiger partial charge in [0, 0.05) is 31.9 Å². The van der Waals surface area contributed by atoms with Crippen LogP contribution >= 0.6 is 23.4 Å². The fourth-order valence-corrected chi connectivity index (χ4v) is 3.54. The Kier molecular flexibility index (Phi) is 4.19.